The third kappa shape index (κ3) is 80.3. The number of esters is 2. The maximum Gasteiger partial charge on any atom is 0.306 e. The van der Waals surface area contributed by atoms with E-state index in [0.29, 0.717) is 17.4 Å². The number of carbonyl (C=O) groups is 2. The zero-order chi connectivity index (χ0) is 69.0. The van der Waals surface area contributed by atoms with E-state index in [9.17, 15) is 19.0 Å². The van der Waals surface area contributed by atoms with Gasteiger partial charge < -0.3 is 27.9 Å². The van der Waals surface area contributed by atoms with Crippen LogP contribution in [0.2, 0.25) is 0 Å². The average Bonchev–Trinajstić information content (AvgIpc) is 2.18. The monoisotopic (exact) mass is 1350 g/mol. The van der Waals surface area contributed by atoms with E-state index in [0.717, 1.165) is 70.6 Å². The van der Waals surface area contributed by atoms with Crippen molar-refractivity contribution in [1.29, 1.82) is 0 Å². The van der Waals surface area contributed by atoms with Gasteiger partial charge in [-0.2, -0.15) is 0 Å². The molecule has 0 N–H and O–H groups in total. The predicted molar refractivity (Wildman–Crippen MR) is 411 cm³/mol. The third-order valence-electron chi connectivity index (χ3n) is 18.5. The number of allylic oxidation sites excluding steroid dienone is 12. The minimum atomic E-state index is -4.64. The third-order valence-corrected chi connectivity index (χ3v) is 19.5. The fourth-order valence-corrected chi connectivity index (χ4v) is 13.0. The Balaban J connectivity index is 3.91. The van der Waals surface area contributed by atoms with E-state index in [1.54, 1.807) is 0 Å². The lowest BCUT2D eigenvalue weighted by Gasteiger charge is -2.28. The molecule has 0 rings (SSSR count). The summed E-state index contributed by atoms with van der Waals surface area (Å²) in [5, 5.41) is 0. The molecule has 2 atom stereocenters. The Morgan fingerprint density at radius 2 is 0.600 bits per heavy atom. The smallest absolute Gasteiger partial charge is 0.306 e. The molecule has 95 heavy (non-hydrogen) atoms. The number of phosphoric ester groups is 1. The Labute approximate surface area is 590 Å². The summed E-state index contributed by atoms with van der Waals surface area (Å²) in [6.07, 6.45) is 103. The van der Waals surface area contributed by atoms with Crippen molar-refractivity contribution in [3.63, 3.8) is 0 Å². The fourth-order valence-electron chi connectivity index (χ4n) is 12.3. The zero-order valence-electron chi connectivity index (χ0n) is 63.6. The Morgan fingerprint density at radius 3 is 0.895 bits per heavy atom. The van der Waals surface area contributed by atoms with Crippen LogP contribution in [-0.4, -0.2) is 70.0 Å². The molecule has 0 aliphatic heterocycles. The number of ether oxygens (including phenoxy) is 2. The molecule has 0 aromatic rings. The molecular formula is C85H158NO8P. The summed E-state index contributed by atoms with van der Waals surface area (Å²) in [6.45, 7) is 4.20. The second kappa shape index (κ2) is 75.6. The second-order valence-electron chi connectivity index (χ2n) is 29.1. The lowest BCUT2D eigenvalue weighted by atomic mass is 10.0. The first-order valence-corrected chi connectivity index (χ1v) is 42.6. The van der Waals surface area contributed by atoms with Crippen LogP contribution in [0.3, 0.4) is 0 Å². The van der Waals surface area contributed by atoms with Crippen molar-refractivity contribution in [1.82, 2.24) is 0 Å². The predicted octanol–water partition coefficient (Wildman–Crippen LogP) is 26.8. The lowest BCUT2D eigenvalue weighted by Crippen LogP contribution is -2.37. The van der Waals surface area contributed by atoms with Crippen molar-refractivity contribution in [2.24, 2.45) is 0 Å². The summed E-state index contributed by atoms with van der Waals surface area (Å²) < 4.78 is 34.4. The van der Waals surface area contributed by atoms with Gasteiger partial charge in [0, 0.05) is 12.8 Å². The molecule has 0 aromatic carbocycles. The Kier molecular flexibility index (Phi) is 73.6. The molecule has 0 bridgehead atoms. The minimum Gasteiger partial charge on any atom is -0.756 e. The highest BCUT2D eigenvalue weighted by Crippen LogP contribution is 2.38. The van der Waals surface area contributed by atoms with Gasteiger partial charge >= 0.3 is 11.9 Å². The van der Waals surface area contributed by atoms with Gasteiger partial charge in [0.15, 0.2) is 6.10 Å². The SMILES string of the molecule is CC/C=C\C/C=C\C/C=C\C/C=C\C/C=C\C/C=C\CCCCCCCCCCCCCCCCCCCCCCC(=O)OC(COC(=O)CCCCCCCCCCCCCCCCCCCCCCCCCCCCCCCCCC)COP(=O)([O-])OCC[N+](C)(C)C. The van der Waals surface area contributed by atoms with Crippen LogP contribution in [0.25, 0.3) is 0 Å². The molecule has 2 unspecified atom stereocenters. The number of likely N-dealkylation sites (N-methyl/N-ethyl adjacent to an activating group) is 1. The zero-order valence-corrected chi connectivity index (χ0v) is 64.5. The topological polar surface area (TPSA) is 111 Å². The molecule has 0 heterocycles. The molecule has 0 radical (unpaired) electrons. The van der Waals surface area contributed by atoms with Crippen molar-refractivity contribution >= 4 is 19.8 Å². The van der Waals surface area contributed by atoms with Crippen LogP contribution in [0.1, 0.15) is 406 Å². The van der Waals surface area contributed by atoms with Crippen molar-refractivity contribution in [2.75, 3.05) is 47.5 Å². The van der Waals surface area contributed by atoms with Gasteiger partial charge in [-0.25, -0.2) is 0 Å². The first-order valence-electron chi connectivity index (χ1n) is 41.1. The normalized spacial score (nSPS) is 13.4. The number of quaternary nitrogens is 1. The van der Waals surface area contributed by atoms with Crippen LogP contribution in [-0.2, 0) is 32.7 Å². The highest BCUT2D eigenvalue weighted by atomic mass is 31.2. The molecule has 0 saturated carbocycles. The van der Waals surface area contributed by atoms with Crippen LogP contribution < -0.4 is 4.89 Å². The fraction of sp³-hybridized carbons (Fsp3) is 0.835. The van der Waals surface area contributed by atoms with E-state index in [-0.39, 0.29) is 32.0 Å². The maximum atomic E-state index is 12.9. The van der Waals surface area contributed by atoms with E-state index in [4.69, 9.17) is 18.5 Å². The van der Waals surface area contributed by atoms with E-state index in [1.165, 1.54) is 302 Å². The molecule has 556 valence electrons. The highest BCUT2D eigenvalue weighted by molar-refractivity contribution is 7.45. The summed E-state index contributed by atoms with van der Waals surface area (Å²) >= 11 is 0. The number of hydrogen-bond acceptors (Lipinski definition) is 8. The number of hydrogen-bond donors (Lipinski definition) is 0. The first kappa shape index (κ1) is 92.4. The van der Waals surface area contributed by atoms with Crippen LogP contribution in [0.15, 0.2) is 72.9 Å². The molecule has 0 aliphatic carbocycles. The van der Waals surface area contributed by atoms with E-state index in [1.807, 2.05) is 21.1 Å². The summed E-state index contributed by atoms with van der Waals surface area (Å²) in [4.78, 5) is 38.2. The quantitative estimate of drug-likeness (QED) is 0.0195. The van der Waals surface area contributed by atoms with Gasteiger partial charge in [0.05, 0.1) is 27.7 Å². The van der Waals surface area contributed by atoms with Crippen LogP contribution in [0.5, 0.6) is 0 Å². The number of rotatable bonds is 77. The Morgan fingerprint density at radius 1 is 0.337 bits per heavy atom. The van der Waals surface area contributed by atoms with Gasteiger partial charge in [0.2, 0.25) is 0 Å². The molecule has 0 aromatic heterocycles. The number of nitrogens with zero attached hydrogens (tertiary/aromatic N) is 1. The van der Waals surface area contributed by atoms with E-state index in [2.05, 4.69) is 86.8 Å². The van der Waals surface area contributed by atoms with Gasteiger partial charge in [0.25, 0.3) is 7.82 Å². The van der Waals surface area contributed by atoms with Crippen LogP contribution in [0, 0.1) is 0 Å². The molecule has 0 saturated heterocycles. The van der Waals surface area contributed by atoms with Gasteiger partial charge in [-0.1, -0.05) is 401 Å². The molecule has 0 spiro atoms. The van der Waals surface area contributed by atoms with Gasteiger partial charge in [-0.3, -0.25) is 14.2 Å². The van der Waals surface area contributed by atoms with E-state index < -0.39 is 26.5 Å². The standard InChI is InChI=1S/C85H158NO8P/c1-6-8-10-12-14-16-18-20-22-24-26-28-30-32-34-36-38-40-41-42-43-44-45-46-48-50-52-54-56-58-60-62-64-66-68-70-72-74-76-78-85(88)94-83(82-93-95(89,90)92-80-79-86(3,4)5)81-91-84(87)77-75-73-71-69-67-65-63-61-59-57-55-53-51-49-47-39-37-35-33-31-29-27-25-23-21-19-17-15-13-11-9-7-2/h8,10,14,16,20,22,26,28,32,34,38,40,83H,6-7,9,11-13,15,17-19,21,23-25,27,29-31,33,35-37,39,41-82H2,1-5H3/b10-8-,16-14-,22-20-,28-26-,34-32-,40-38-. The summed E-state index contributed by atoms with van der Waals surface area (Å²) in [7, 11) is 1.19. The van der Waals surface area contributed by atoms with Crippen molar-refractivity contribution < 1.29 is 42.1 Å². The summed E-state index contributed by atoms with van der Waals surface area (Å²) in [5.74, 6) is -0.810. The van der Waals surface area contributed by atoms with Gasteiger partial charge in [-0.15, -0.1) is 0 Å². The van der Waals surface area contributed by atoms with Crippen molar-refractivity contribution in [2.45, 2.75) is 412 Å². The molecule has 9 nitrogen and oxygen atoms in total. The van der Waals surface area contributed by atoms with Gasteiger partial charge in [0.1, 0.15) is 19.8 Å². The molecule has 10 heteroatoms. The molecule has 0 fully saturated rings. The first-order chi connectivity index (χ1) is 46.5. The minimum absolute atomic E-state index is 0.0287. The average molecular weight is 1350 g/mol. The number of phosphoric acid groups is 1. The molecular weight excluding hydrogens is 1190 g/mol. The van der Waals surface area contributed by atoms with Crippen molar-refractivity contribution in [3.05, 3.63) is 72.9 Å². The highest BCUT2D eigenvalue weighted by Gasteiger charge is 2.22. The molecule has 0 aliphatic rings. The van der Waals surface area contributed by atoms with Crippen molar-refractivity contribution in [3.8, 4) is 0 Å². The lowest BCUT2D eigenvalue weighted by molar-refractivity contribution is -0.870. The molecule has 0 amide bonds. The maximum absolute atomic E-state index is 12.9. The number of carbonyl (C=O) groups excluding carboxylic acids is 2. The summed E-state index contributed by atoms with van der Waals surface area (Å²) in [5.41, 5.74) is 0. The van der Waals surface area contributed by atoms with E-state index >= 15 is 0 Å². The van der Waals surface area contributed by atoms with Gasteiger partial charge in [-0.05, 0) is 64.2 Å². The van der Waals surface area contributed by atoms with Crippen LogP contribution >= 0.6 is 7.82 Å². The number of unbranched alkanes of at least 4 members (excludes halogenated alkanes) is 51. The van der Waals surface area contributed by atoms with Crippen LogP contribution in [0.4, 0.5) is 0 Å². The second-order valence-corrected chi connectivity index (χ2v) is 30.5. The Hall–Kier alpha value is -2.55. The summed E-state index contributed by atoms with van der Waals surface area (Å²) in [6, 6.07) is 0. The Bertz CT molecular complexity index is 1830. The largest absolute Gasteiger partial charge is 0.756 e.